The van der Waals surface area contributed by atoms with E-state index in [9.17, 15) is 4.79 Å². The molecule has 2 heterocycles. The van der Waals surface area contributed by atoms with Crippen LogP contribution in [0.3, 0.4) is 0 Å². The summed E-state index contributed by atoms with van der Waals surface area (Å²) in [5.74, 6) is 6.48. The highest BCUT2D eigenvalue weighted by Crippen LogP contribution is 2.18. The van der Waals surface area contributed by atoms with E-state index in [0.717, 1.165) is 13.0 Å². The quantitative estimate of drug-likeness (QED) is 0.482. The van der Waals surface area contributed by atoms with Crippen molar-refractivity contribution in [3.63, 3.8) is 0 Å². The number of hydrogen-bond donors (Lipinski definition) is 3. The number of nitrogens with zero attached hydrogens (tertiary/aromatic N) is 3. The summed E-state index contributed by atoms with van der Waals surface area (Å²) >= 11 is 0. The van der Waals surface area contributed by atoms with E-state index >= 15 is 0 Å². The fraction of sp³-hybridized carbons (Fsp3) is 0.500. The highest BCUT2D eigenvalue weighted by atomic mass is 16.2. The van der Waals surface area contributed by atoms with E-state index in [2.05, 4.69) is 20.7 Å². The molecule has 1 aromatic rings. The minimum Gasteiger partial charge on any atom is -0.353 e. The van der Waals surface area contributed by atoms with E-state index in [1.807, 2.05) is 11.8 Å². The Morgan fingerprint density at radius 3 is 3.18 bits per heavy atom. The summed E-state index contributed by atoms with van der Waals surface area (Å²) in [5, 5.41) is 2.84. The number of piperazine rings is 1. The van der Waals surface area contributed by atoms with Gasteiger partial charge >= 0.3 is 0 Å². The maximum absolute atomic E-state index is 11.7. The molecule has 7 heteroatoms. The maximum atomic E-state index is 11.7. The van der Waals surface area contributed by atoms with Gasteiger partial charge in [0.25, 0.3) is 0 Å². The summed E-state index contributed by atoms with van der Waals surface area (Å²) < 4.78 is 0. The van der Waals surface area contributed by atoms with E-state index in [1.54, 1.807) is 6.20 Å². The fourth-order valence-electron chi connectivity index (χ4n) is 1.96. The molecule has 17 heavy (non-hydrogen) atoms. The van der Waals surface area contributed by atoms with Crippen LogP contribution < -0.4 is 21.5 Å². The van der Waals surface area contributed by atoms with Crippen LogP contribution in [0, 0.1) is 0 Å². The second kappa shape index (κ2) is 4.96. The van der Waals surface area contributed by atoms with Crippen LogP contribution in [0.4, 0.5) is 11.6 Å². The van der Waals surface area contributed by atoms with Gasteiger partial charge in [-0.3, -0.25) is 9.78 Å². The van der Waals surface area contributed by atoms with Gasteiger partial charge in [-0.05, 0) is 6.42 Å². The van der Waals surface area contributed by atoms with Crippen molar-refractivity contribution >= 4 is 17.5 Å². The summed E-state index contributed by atoms with van der Waals surface area (Å²) in [5.41, 5.74) is 2.45. The van der Waals surface area contributed by atoms with Crippen molar-refractivity contribution in [3.05, 3.63) is 12.4 Å². The van der Waals surface area contributed by atoms with Crippen LogP contribution in [0.2, 0.25) is 0 Å². The van der Waals surface area contributed by atoms with Crippen molar-refractivity contribution in [1.29, 1.82) is 0 Å². The van der Waals surface area contributed by atoms with Gasteiger partial charge in [-0.1, -0.05) is 6.92 Å². The van der Waals surface area contributed by atoms with Gasteiger partial charge in [0.05, 0.1) is 12.4 Å². The topological polar surface area (TPSA) is 96.2 Å². The Labute approximate surface area is 99.4 Å². The number of aromatic nitrogens is 2. The molecule has 0 saturated carbocycles. The first-order chi connectivity index (χ1) is 8.26. The lowest BCUT2D eigenvalue weighted by molar-refractivity contribution is -0.123. The van der Waals surface area contributed by atoms with Crippen molar-refractivity contribution < 1.29 is 4.79 Å². The highest BCUT2D eigenvalue weighted by molar-refractivity contribution is 5.86. The number of hydrazine groups is 1. The molecule has 4 N–H and O–H groups in total. The van der Waals surface area contributed by atoms with Gasteiger partial charge in [-0.2, -0.15) is 0 Å². The molecule has 1 aliphatic heterocycles. The van der Waals surface area contributed by atoms with Gasteiger partial charge in [0.1, 0.15) is 11.9 Å². The van der Waals surface area contributed by atoms with Crippen LogP contribution in [0.15, 0.2) is 12.4 Å². The lowest BCUT2D eigenvalue weighted by atomic mass is 10.1. The third kappa shape index (κ3) is 2.28. The first-order valence-corrected chi connectivity index (χ1v) is 5.59. The van der Waals surface area contributed by atoms with Gasteiger partial charge in [0.15, 0.2) is 5.82 Å². The number of nitrogen functional groups attached to an aromatic ring is 1. The molecule has 2 rings (SSSR count). The minimum absolute atomic E-state index is 0.0339. The zero-order valence-corrected chi connectivity index (χ0v) is 9.68. The Morgan fingerprint density at radius 2 is 2.47 bits per heavy atom. The van der Waals surface area contributed by atoms with Crippen LogP contribution in [0.5, 0.6) is 0 Å². The molecular formula is C10H16N6O. The monoisotopic (exact) mass is 236 g/mol. The third-order valence-electron chi connectivity index (χ3n) is 2.78. The lowest BCUT2D eigenvalue weighted by Crippen LogP contribution is -2.55. The summed E-state index contributed by atoms with van der Waals surface area (Å²) in [4.78, 5) is 22.0. The van der Waals surface area contributed by atoms with E-state index in [0.29, 0.717) is 18.2 Å². The summed E-state index contributed by atoms with van der Waals surface area (Å²) in [6, 6.07) is -0.189. The molecule has 1 amide bonds. The number of rotatable bonds is 3. The minimum atomic E-state index is -0.189. The third-order valence-corrected chi connectivity index (χ3v) is 2.78. The molecule has 0 spiro atoms. The van der Waals surface area contributed by atoms with Crippen LogP contribution in [0.25, 0.3) is 0 Å². The molecule has 1 aliphatic rings. The normalized spacial score (nSPS) is 20.0. The summed E-state index contributed by atoms with van der Waals surface area (Å²) in [6.45, 7) is 3.32. The molecule has 1 saturated heterocycles. The van der Waals surface area contributed by atoms with E-state index in [4.69, 9.17) is 5.84 Å². The van der Waals surface area contributed by atoms with Gasteiger partial charge in [0.2, 0.25) is 5.91 Å². The Kier molecular flexibility index (Phi) is 3.38. The smallest absolute Gasteiger partial charge is 0.242 e. The van der Waals surface area contributed by atoms with Gasteiger partial charge < -0.3 is 15.6 Å². The van der Waals surface area contributed by atoms with Crippen molar-refractivity contribution in [2.75, 3.05) is 23.4 Å². The van der Waals surface area contributed by atoms with Crippen molar-refractivity contribution in [3.8, 4) is 0 Å². The average Bonchev–Trinajstić information content (AvgIpc) is 2.38. The standard InChI is InChI=1S/C10H16N6O/c1-2-7-10(17)13-3-4-16(7)9-6-12-5-8(14-9)15-11/h5-7H,2-4,11H2,1H3,(H,13,17)(H,14,15). The molecule has 0 bridgehead atoms. The summed E-state index contributed by atoms with van der Waals surface area (Å²) in [6.07, 6.45) is 3.91. The predicted octanol–water partition coefficient (Wildman–Crippen LogP) is -0.523. The van der Waals surface area contributed by atoms with Gasteiger partial charge in [0, 0.05) is 13.1 Å². The van der Waals surface area contributed by atoms with Crippen LogP contribution in [-0.4, -0.2) is 35.0 Å². The van der Waals surface area contributed by atoms with Crippen molar-refractivity contribution in [2.45, 2.75) is 19.4 Å². The number of nitrogens with one attached hydrogen (secondary N) is 2. The number of amides is 1. The van der Waals surface area contributed by atoms with Gasteiger partial charge in [-0.15, -0.1) is 0 Å². The maximum Gasteiger partial charge on any atom is 0.242 e. The SMILES string of the molecule is CCC1C(=O)NCCN1c1cncc(NN)n1. The second-order valence-electron chi connectivity index (χ2n) is 3.82. The molecule has 0 aliphatic carbocycles. The van der Waals surface area contributed by atoms with Crippen molar-refractivity contribution in [1.82, 2.24) is 15.3 Å². The molecule has 1 atom stereocenters. The fourth-order valence-corrected chi connectivity index (χ4v) is 1.96. The first-order valence-electron chi connectivity index (χ1n) is 5.59. The van der Waals surface area contributed by atoms with Crippen molar-refractivity contribution in [2.24, 2.45) is 5.84 Å². The number of nitrogens with two attached hydrogens (primary N) is 1. The van der Waals surface area contributed by atoms with E-state index in [1.165, 1.54) is 6.20 Å². The summed E-state index contributed by atoms with van der Waals surface area (Å²) in [7, 11) is 0. The van der Waals surface area contributed by atoms with E-state index < -0.39 is 0 Å². The number of anilines is 2. The molecule has 1 unspecified atom stereocenters. The highest BCUT2D eigenvalue weighted by Gasteiger charge is 2.29. The number of hydrogen-bond acceptors (Lipinski definition) is 6. The Balaban J connectivity index is 2.27. The molecule has 0 aromatic carbocycles. The second-order valence-corrected chi connectivity index (χ2v) is 3.82. The van der Waals surface area contributed by atoms with Gasteiger partial charge in [-0.25, -0.2) is 10.8 Å². The Bertz CT molecular complexity index is 410. The molecule has 1 aromatic heterocycles. The number of carbonyl (C=O) groups is 1. The Morgan fingerprint density at radius 1 is 1.65 bits per heavy atom. The zero-order chi connectivity index (χ0) is 12.3. The zero-order valence-electron chi connectivity index (χ0n) is 9.68. The average molecular weight is 236 g/mol. The molecule has 0 radical (unpaired) electrons. The largest absolute Gasteiger partial charge is 0.353 e. The Hall–Kier alpha value is -1.89. The number of carbonyl (C=O) groups excluding carboxylic acids is 1. The molecule has 1 fully saturated rings. The molecule has 7 nitrogen and oxygen atoms in total. The van der Waals surface area contributed by atoms with E-state index in [-0.39, 0.29) is 11.9 Å². The van der Waals surface area contributed by atoms with Crippen LogP contribution in [0.1, 0.15) is 13.3 Å². The van der Waals surface area contributed by atoms with Crippen LogP contribution >= 0.6 is 0 Å². The molecule has 92 valence electrons. The molecular weight excluding hydrogens is 220 g/mol. The lowest BCUT2D eigenvalue weighted by Gasteiger charge is -2.35. The first kappa shape index (κ1) is 11.6. The van der Waals surface area contributed by atoms with Crippen LogP contribution in [-0.2, 0) is 4.79 Å². The predicted molar refractivity (Wildman–Crippen MR) is 64.3 cm³/mol.